The maximum absolute atomic E-state index is 12.9. The van der Waals surface area contributed by atoms with Gasteiger partial charge in [0.15, 0.2) is 0 Å². The molecule has 1 fully saturated rings. The van der Waals surface area contributed by atoms with Crippen LogP contribution in [0.15, 0.2) is 30.6 Å². The predicted molar refractivity (Wildman–Crippen MR) is 84.5 cm³/mol. The standard InChI is InChI=1S/C17H22N4O/c1-3-10-21-13(2)14(12-19-21)17(22)20-11-6-8-16(20)15-7-4-5-9-18-15/h4-5,7,9,12,16H,3,6,8,10-11H2,1-2H3. The zero-order valence-electron chi connectivity index (χ0n) is 13.2. The molecule has 1 aliphatic heterocycles. The van der Waals surface area contributed by atoms with Crippen molar-refractivity contribution in [3.63, 3.8) is 0 Å². The highest BCUT2D eigenvalue weighted by Crippen LogP contribution is 2.32. The molecule has 1 amide bonds. The van der Waals surface area contributed by atoms with Crippen molar-refractivity contribution < 1.29 is 4.79 Å². The van der Waals surface area contributed by atoms with E-state index in [0.717, 1.165) is 49.3 Å². The fourth-order valence-corrected chi connectivity index (χ4v) is 3.14. The molecule has 0 radical (unpaired) electrons. The highest BCUT2D eigenvalue weighted by Gasteiger charge is 2.32. The highest BCUT2D eigenvalue weighted by molar-refractivity contribution is 5.95. The van der Waals surface area contributed by atoms with Crippen molar-refractivity contribution in [2.24, 2.45) is 0 Å². The van der Waals surface area contributed by atoms with Gasteiger partial charge in [-0.05, 0) is 38.3 Å². The lowest BCUT2D eigenvalue weighted by atomic mass is 10.1. The fraction of sp³-hybridized carbons (Fsp3) is 0.471. The SMILES string of the molecule is CCCn1ncc(C(=O)N2CCCC2c2ccccn2)c1C. The third kappa shape index (κ3) is 2.63. The van der Waals surface area contributed by atoms with Crippen LogP contribution in [-0.4, -0.2) is 32.1 Å². The Morgan fingerprint density at radius 1 is 1.41 bits per heavy atom. The van der Waals surface area contributed by atoms with Crippen LogP contribution >= 0.6 is 0 Å². The second-order valence-electron chi connectivity index (χ2n) is 5.78. The van der Waals surface area contributed by atoms with Crippen molar-refractivity contribution >= 4 is 5.91 Å². The van der Waals surface area contributed by atoms with Gasteiger partial charge in [0.25, 0.3) is 5.91 Å². The number of rotatable bonds is 4. The van der Waals surface area contributed by atoms with E-state index < -0.39 is 0 Å². The van der Waals surface area contributed by atoms with Crippen LogP contribution < -0.4 is 0 Å². The minimum Gasteiger partial charge on any atom is -0.330 e. The van der Waals surface area contributed by atoms with Crippen molar-refractivity contribution in [1.29, 1.82) is 0 Å². The van der Waals surface area contributed by atoms with Gasteiger partial charge in [-0.15, -0.1) is 0 Å². The van der Waals surface area contributed by atoms with E-state index >= 15 is 0 Å². The molecule has 0 aliphatic carbocycles. The topological polar surface area (TPSA) is 51.0 Å². The van der Waals surface area contributed by atoms with E-state index in [-0.39, 0.29) is 11.9 Å². The molecule has 0 spiro atoms. The molecule has 0 aromatic carbocycles. The first kappa shape index (κ1) is 14.8. The molecule has 1 aliphatic rings. The number of hydrogen-bond donors (Lipinski definition) is 0. The predicted octanol–water partition coefficient (Wildman–Crippen LogP) is 2.97. The molecule has 2 aromatic rings. The van der Waals surface area contributed by atoms with Gasteiger partial charge in [0.2, 0.25) is 0 Å². The smallest absolute Gasteiger partial charge is 0.257 e. The third-order valence-corrected chi connectivity index (χ3v) is 4.31. The van der Waals surface area contributed by atoms with E-state index in [0.29, 0.717) is 0 Å². The first-order chi connectivity index (χ1) is 10.7. The van der Waals surface area contributed by atoms with Crippen LogP contribution in [0.3, 0.4) is 0 Å². The Kier molecular flexibility index (Phi) is 4.22. The molecular weight excluding hydrogens is 276 g/mol. The molecule has 22 heavy (non-hydrogen) atoms. The Hall–Kier alpha value is -2.17. The minimum atomic E-state index is 0.0769. The number of hydrogen-bond acceptors (Lipinski definition) is 3. The summed E-state index contributed by atoms with van der Waals surface area (Å²) in [5, 5.41) is 4.35. The number of carbonyl (C=O) groups excluding carboxylic acids is 1. The average Bonchev–Trinajstić information content (AvgIpc) is 3.16. The number of carbonyl (C=O) groups is 1. The zero-order valence-corrected chi connectivity index (χ0v) is 13.2. The van der Waals surface area contributed by atoms with Crippen molar-refractivity contribution in [2.45, 2.75) is 45.7 Å². The summed E-state index contributed by atoms with van der Waals surface area (Å²) >= 11 is 0. The Labute approximate surface area is 131 Å². The molecule has 0 saturated carbocycles. The Morgan fingerprint density at radius 2 is 2.27 bits per heavy atom. The third-order valence-electron chi connectivity index (χ3n) is 4.31. The Bertz CT molecular complexity index is 650. The Morgan fingerprint density at radius 3 is 3.00 bits per heavy atom. The number of aryl methyl sites for hydroxylation is 1. The van der Waals surface area contributed by atoms with E-state index in [1.54, 1.807) is 12.4 Å². The van der Waals surface area contributed by atoms with Crippen LogP contribution in [-0.2, 0) is 6.54 Å². The van der Waals surface area contributed by atoms with Gasteiger partial charge in [0, 0.05) is 25.0 Å². The van der Waals surface area contributed by atoms with Gasteiger partial charge < -0.3 is 4.90 Å². The number of likely N-dealkylation sites (tertiary alicyclic amines) is 1. The Balaban J connectivity index is 1.85. The molecule has 1 atom stereocenters. The van der Waals surface area contributed by atoms with Crippen LogP contribution in [0.4, 0.5) is 0 Å². The van der Waals surface area contributed by atoms with Crippen LogP contribution in [0.2, 0.25) is 0 Å². The maximum Gasteiger partial charge on any atom is 0.257 e. The lowest BCUT2D eigenvalue weighted by molar-refractivity contribution is 0.0732. The molecule has 3 heterocycles. The van der Waals surface area contributed by atoms with Crippen LogP contribution in [0.5, 0.6) is 0 Å². The lowest BCUT2D eigenvalue weighted by Gasteiger charge is -2.24. The van der Waals surface area contributed by atoms with Gasteiger partial charge in [0.1, 0.15) is 0 Å². The van der Waals surface area contributed by atoms with E-state index in [1.165, 1.54) is 0 Å². The van der Waals surface area contributed by atoms with Gasteiger partial charge in [-0.2, -0.15) is 5.10 Å². The summed E-state index contributed by atoms with van der Waals surface area (Å²) in [6, 6.07) is 5.98. The molecule has 0 N–H and O–H groups in total. The fourth-order valence-electron chi connectivity index (χ4n) is 3.14. The average molecular weight is 298 g/mol. The quantitative estimate of drug-likeness (QED) is 0.872. The monoisotopic (exact) mass is 298 g/mol. The summed E-state index contributed by atoms with van der Waals surface area (Å²) in [5.74, 6) is 0.0769. The van der Waals surface area contributed by atoms with Crippen molar-refractivity contribution in [2.75, 3.05) is 6.54 Å². The van der Waals surface area contributed by atoms with E-state index in [2.05, 4.69) is 17.0 Å². The molecule has 5 heteroatoms. The lowest BCUT2D eigenvalue weighted by Crippen LogP contribution is -2.31. The summed E-state index contributed by atoms with van der Waals surface area (Å²) < 4.78 is 1.92. The van der Waals surface area contributed by atoms with Crippen molar-refractivity contribution in [3.05, 3.63) is 47.5 Å². The number of aromatic nitrogens is 3. The summed E-state index contributed by atoms with van der Waals surface area (Å²) in [4.78, 5) is 19.3. The van der Waals surface area contributed by atoms with Gasteiger partial charge in [-0.1, -0.05) is 13.0 Å². The van der Waals surface area contributed by atoms with Crippen molar-refractivity contribution in [3.8, 4) is 0 Å². The largest absolute Gasteiger partial charge is 0.330 e. The molecule has 5 nitrogen and oxygen atoms in total. The summed E-state index contributed by atoms with van der Waals surface area (Å²) in [6.45, 7) is 5.73. The second-order valence-corrected chi connectivity index (χ2v) is 5.78. The maximum atomic E-state index is 12.9. The van der Waals surface area contributed by atoms with Crippen LogP contribution in [0.1, 0.15) is 54.0 Å². The van der Waals surface area contributed by atoms with E-state index in [9.17, 15) is 4.79 Å². The molecular formula is C17H22N4O. The van der Waals surface area contributed by atoms with E-state index in [4.69, 9.17) is 0 Å². The van der Waals surface area contributed by atoms with Crippen LogP contribution in [0, 0.1) is 6.92 Å². The number of nitrogens with zero attached hydrogens (tertiary/aromatic N) is 4. The number of amides is 1. The van der Waals surface area contributed by atoms with E-state index in [1.807, 2.05) is 34.7 Å². The molecule has 1 saturated heterocycles. The summed E-state index contributed by atoms with van der Waals surface area (Å²) in [7, 11) is 0. The van der Waals surface area contributed by atoms with Gasteiger partial charge in [0.05, 0.1) is 23.5 Å². The highest BCUT2D eigenvalue weighted by atomic mass is 16.2. The number of pyridine rings is 1. The summed E-state index contributed by atoms with van der Waals surface area (Å²) in [5.41, 5.74) is 2.65. The van der Waals surface area contributed by atoms with Crippen molar-refractivity contribution in [1.82, 2.24) is 19.7 Å². The van der Waals surface area contributed by atoms with Gasteiger partial charge in [-0.3, -0.25) is 14.5 Å². The molecule has 0 bridgehead atoms. The second kappa shape index (κ2) is 6.30. The summed E-state index contributed by atoms with van der Waals surface area (Å²) in [6.07, 6.45) is 6.51. The van der Waals surface area contributed by atoms with Crippen LogP contribution in [0.25, 0.3) is 0 Å². The normalized spacial score (nSPS) is 17.9. The molecule has 2 aromatic heterocycles. The first-order valence-electron chi connectivity index (χ1n) is 7.96. The van der Waals surface area contributed by atoms with Gasteiger partial charge >= 0.3 is 0 Å². The molecule has 3 rings (SSSR count). The van der Waals surface area contributed by atoms with Gasteiger partial charge in [-0.25, -0.2) is 0 Å². The molecule has 116 valence electrons. The minimum absolute atomic E-state index is 0.0769. The zero-order chi connectivity index (χ0) is 15.5. The first-order valence-corrected chi connectivity index (χ1v) is 7.96. The molecule has 1 unspecified atom stereocenters.